The van der Waals surface area contributed by atoms with E-state index in [4.69, 9.17) is 9.73 Å². The lowest BCUT2D eigenvalue weighted by atomic mass is 10.1. The zero-order chi connectivity index (χ0) is 24.9. The summed E-state index contributed by atoms with van der Waals surface area (Å²) in [7, 11) is 1.61. The summed E-state index contributed by atoms with van der Waals surface area (Å²) in [6, 6.07) is 30.9. The van der Waals surface area contributed by atoms with E-state index in [9.17, 15) is 9.59 Å². The molecule has 0 aromatic heterocycles. The van der Waals surface area contributed by atoms with Crippen molar-refractivity contribution in [2.24, 2.45) is 4.99 Å². The van der Waals surface area contributed by atoms with Crippen LogP contribution >= 0.6 is 11.8 Å². The van der Waals surface area contributed by atoms with Crippen LogP contribution in [0.15, 0.2) is 102 Å². The molecule has 4 aromatic carbocycles. The fourth-order valence-corrected chi connectivity index (χ4v) is 5.21. The van der Waals surface area contributed by atoms with Crippen LogP contribution in [0.25, 0.3) is 10.8 Å². The first-order valence-corrected chi connectivity index (χ1v) is 12.5. The molecule has 0 saturated carbocycles. The Bertz CT molecular complexity index is 1420. The third kappa shape index (κ3) is 5.42. The smallest absolute Gasteiger partial charge is 0.242 e. The van der Waals surface area contributed by atoms with Crippen molar-refractivity contribution in [1.29, 1.82) is 0 Å². The Balaban J connectivity index is 1.34. The summed E-state index contributed by atoms with van der Waals surface area (Å²) in [5.74, 6) is 0.407. The van der Waals surface area contributed by atoms with Gasteiger partial charge >= 0.3 is 0 Å². The van der Waals surface area contributed by atoms with Crippen LogP contribution in [0.5, 0.6) is 5.75 Å². The van der Waals surface area contributed by atoms with Crippen LogP contribution in [-0.4, -0.2) is 34.2 Å². The molecule has 1 heterocycles. The summed E-state index contributed by atoms with van der Waals surface area (Å²) < 4.78 is 5.23. The Labute approximate surface area is 214 Å². The molecule has 2 amide bonds. The number of amides is 2. The van der Waals surface area contributed by atoms with E-state index < -0.39 is 5.25 Å². The molecule has 0 radical (unpaired) electrons. The summed E-state index contributed by atoms with van der Waals surface area (Å²) in [5, 5.41) is 5.13. The number of carbonyl (C=O) groups is 2. The predicted octanol–water partition coefficient (Wildman–Crippen LogP) is 6.01. The number of anilines is 1. The normalized spacial score (nSPS) is 16.5. The van der Waals surface area contributed by atoms with Crippen LogP contribution in [0, 0.1) is 0 Å². The highest BCUT2D eigenvalue weighted by molar-refractivity contribution is 8.15. The Kier molecular flexibility index (Phi) is 7.00. The molecule has 5 rings (SSSR count). The number of amidine groups is 1. The molecular weight excluding hydrogens is 470 g/mol. The Morgan fingerprint density at radius 3 is 2.42 bits per heavy atom. The molecule has 6 nitrogen and oxygen atoms in total. The molecule has 1 N–H and O–H groups in total. The van der Waals surface area contributed by atoms with Gasteiger partial charge in [0.25, 0.3) is 0 Å². The van der Waals surface area contributed by atoms with Crippen molar-refractivity contribution in [2.75, 3.05) is 12.4 Å². The first-order chi connectivity index (χ1) is 17.6. The molecule has 1 aliphatic rings. The average molecular weight is 496 g/mol. The Morgan fingerprint density at radius 2 is 1.67 bits per heavy atom. The SMILES string of the molecule is COc1ccc(N=C2S[C@@H](CC(=O)Nc3ccc4ccccc4c3)C(=O)N2Cc2ccccc2)cc1. The number of benzene rings is 4. The predicted molar refractivity (Wildman–Crippen MR) is 146 cm³/mol. The van der Waals surface area contributed by atoms with E-state index >= 15 is 0 Å². The zero-order valence-corrected chi connectivity index (χ0v) is 20.6. The van der Waals surface area contributed by atoms with E-state index in [1.807, 2.05) is 97.1 Å². The molecule has 36 heavy (non-hydrogen) atoms. The molecule has 1 saturated heterocycles. The second kappa shape index (κ2) is 10.7. The molecular formula is C29H25N3O3S. The Morgan fingerprint density at radius 1 is 0.944 bits per heavy atom. The van der Waals surface area contributed by atoms with E-state index in [0.29, 0.717) is 23.1 Å². The highest BCUT2D eigenvalue weighted by Gasteiger charge is 2.39. The minimum absolute atomic E-state index is 0.0588. The molecule has 1 atom stereocenters. The standard InChI is InChI=1S/C29H25N3O3S/c1-35-25-15-13-23(14-16-25)31-29-32(19-20-7-3-2-4-8-20)28(34)26(36-29)18-27(33)30-24-12-11-21-9-5-6-10-22(21)17-24/h2-17,26H,18-19H2,1H3,(H,30,33)/t26-/m0/s1. The maximum atomic E-state index is 13.4. The van der Waals surface area contributed by atoms with Crippen LogP contribution in [0.2, 0.25) is 0 Å². The van der Waals surface area contributed by atoms with Crippen molar-refractivity contribution in [1.82, 2.24) is 4.90 Å². The maximum Gasteiger partial charge on any atom is 0.242 e. The van der Waals surface area contributed by atoms with Gasteiger partial charge in [-0.1, -0.05) is 72.4 Å². The van der Waals surface area contributed by atoms with Crippen molar-refractivity contribution in [3.05, 3.63) is 103 Å². The van der Waals surface area contributed by atoms with Crippen molar-refractivity contribution in [3.63, 3.8) is 0 Å². The van der Waals surface area contributed by atoms with Crippen LogP contribution in [0.1, 0.15) is 12.0 Å². The fourth-order valence-electron chi connectivity index (χ4n) is 4.05. The lowest BCUT2D eigenvalue weighted by Gasteiger charge is -2.16. The van der Waals surface area contributed by atoms with Gasteiger partial charge in [0.05, 0.1) is 19.3 Å². The molecule has 1 fully saturated rings. The number of ether oxygens (including phenoxy) is 1. The number of carbonyl (C=O) groups excluding carboxylic acids is 2. The highest BCUT2D eigenvalue weighted by Crippen LogP contribution is 2.33. The van der Waals surface area contributed by atoms with Gasteiger partial charge in [-0.25, -0.2) is 4.99 Å². The van der Waals surface area contributed by atoms with Crippen LogP contribution in [0.4, 0.5) is 11.4 Å². The number of nitrogens with one attached hydrogen (secondary N) is 1. The maximum absolute atomic E-state index is 13.4. The van der Waals surface area contributed by atoms with Gasteiger partial charge in [-0.3, -0.25) is 14.5 Å². The van der Waals surface area contributed by atoms with Gasteiger partial charge < -0.3 is 10.1 Å². The van der Waals surface area contributed by atoms with Crippen molar-refractivity contribution >= 4 is 50.9 Å². The van der Waals surface area contributed by atoms with E-state index in [-0.39, 0.29) is 18.2 Å². The second-order valence-corrected chi connectivity index (χ2v) is 9.59. The topological polar surface area (TPSA) is 71.0 Å². The number of nitrogens with zero attached hydrogens (tertiary/aromatic N) is 2. The van der Waals surface area contributed by atoms with Crippen molar-refractivity contribution in [2.45, 2.75) is 18.2 Å². The highest BCUT2D eigenvalue weighted by atomic mass is 32.2. The van der Waals surface area contributed by atoms with Gasteiger partial charge in [0.2, 0.25) is 11.8 Å². The van der Waals surface area contributed by atoms with E-state index in [1.165, 1.54) is 11.8 Å². The zero-order valence-electron chi connectivity index (χ0n) is 19.8. The van der Waals surface area contributed by atoms with Gasteiger partial charge in [0, 0.05) is 12.1 Å². The van der Waals surface area contributed by atoms with Crippen LogP contribution in [-0.2, 0) is 16.1 Å². The summed E-state index contributed by atoms with van der Waals surface area (Å²) in [6.07, 6.45) is 0.0588. The third-order valence-corrected chi connectivity index (χ3v) is 7.08. The molecule has 0 unspecified atom stereocenters. The van der Waals surface area contributed by atoms with Crippen LogP contribution < -0.4 is 10.1 Å². The Hall–Kier alpha value is -4.10. The first-order valence-electron chi connectivity index (χ1n) is 11.6. The number of hydrogen-bond acceptors (Lipinski definition) is 5. The van der Waals surface area contributed by atoms with E-state index in [0.717, 1.165) is 22.1 Å². The number of thioether (sulfide) groups is 1. The molecule has 1 aliphatic heterocycles. The molecule has 180 valence electrons. The van der Waals surface area contributed by atoms with E-state index in [2.05, 4.69) is 5.32 Å². The third-order valence-electron chi connectivity index (χ3n) is 5.90. The van der Waals surface area contributed by atoms with Gasteiger partial charge in [-0.05, 0) is 52.7 Å². The number of methoxy groups -OCH3 is 1. The van der Waals surface area contributed by atoms with Gasteiger partial charge in [0.15, 0.2) is 5.17 Å². The average Bonchev–Trinajstić information content (AvgIpc) is 3.18. The summed E-state index contributed by atoms with van der Waals surface area (Å²) in [4.78, 5) is 32.7. The molecule has 0 aliphatic carbocycles. The van der Waals surface area contributed by atoms with Crippen LogP contribution in [0.3, 0.4) is 0 Å². The minimum Gasteiger partial charge on any atom is -0.497 e. The van der Waals surface area contributed by atoms with Crippen molar-refractivity contribution in [3.8, 4) is 5.75 Å². The van der Waals surface area contributed by atoms with E-state index in [1.54, 1.807) is 12.0 Å². The molecule has 4 aromatic rings. The number of fused-ring (bicyclic) bond motifs is 1. The largest absolute Gasteiger partial charge is 0.497 e. The fraction of sp³-hybridized carbons (Fsp3) is 0.138. The minimum atomic E-state index is -0.550. The summed E-state index contributed by atoms with van der Waals surface area (Å²) >= 11 is 1.33. The summed E-state index contributed by atoms with van der Waals surface area (Å²) in [6.45, 7) is 0.393. The molecule has 0 bridgehead atoms. The molecule has 0 spiro atoms. The summed E-state index contributed by atoms with van der Waals surface area (Å²) in [5.41, 5.74) is 2.42. The lowest BCUT2D eigenvalue weighted by Crippen LogP contribution is -2.33. The van der Waals surface area contributed by atoms with Gasteiger partial charge in [0.1, 0.15) is 11.0 Å². The first kappa shape index (κ1) is 23.6. The second-order valence-electron chi connectivity index (χ2n) is 8.42. The number of aliphatic imine (C=N–C) groups is 1. The lowest BCUT2D eigenvalue weighted by molar-refractivity contribution is -0.128. The van der Waals surface area contributed by atoms with Crippen molar-refractivity contribution < 1.29 is 14.3 Å². The molecule has 7 heteroatoms. The quantitative estimate of drug-likeness (QED) is 0.341. The number of rotatable bonds is 7. The number of hydrogen-bond donors (Lipinski definition) is 1. The van der Waals surface area contributed by atoms with Gasteiger partial charge in [-0.2, -0.15) is 0 Å². The van der Waals surface area contributed by atoms with Gasteiger partial charge in [-0.15, -0.1) is 0 Å². The monoisotopic (exact) mass is 495 g/mol.